The zero-order valence-corrected chi connectivity index (χ0v) is 12.9. The fourth-order valence-corrected chi connectivity index (χ4v) is 4.24. The highest BCUT2D eigenvalue weighted by Gasteiger charge is 2.21. The molecule has 4 nitrogen and oxygen atoms in total. The first-order valence-corrected chi connectivity index (χ1v) is 8.33. The van der Waals surface area contributed by atoms with Crippen LogP contribution >= 0.6 is 34.5 Å². The lowest BCUT2D eigenvalue weighted by Gasteiger charge is -2.13. The Labute approximate surface area is 125 Å². The molecule has 1 N–H and O–H groups in total. The number of halogens is 2. The summed E-state index contributed by atoms with van der Waals surface area (Å²) < 4.78 is 27.0. The highest BCUT2D eigenvalue weighted by atomic mass is 35.5. The van der Waals surface area contributed by atoms with Gasteiger partial charge in [-0.15, -0.1) is 0 Å². The summed E-state index contributed by atoms with van der Waals surface area (Å²) in [7, 11) is -3.62. The molecule has 8 heteroatoms. The van der Waals surface area contributed by atoms with Gasteiger partial charge >= 0.3 is 0 Å². The second-order valence-corrected chi connectivity index (χ2v) is 7.82. The SMILES string of the molecule is CC(NS(=O)(=O)c1cnc(Cl)s1)c1cccc(Cl)c1. The Morgan fingerprint density at radius 1 is 1.37 bits per heavy atom. The minimum absolute atomic E-state index is 0.0892. The Morgan fingerprint density at radius 3 is 2.68 bits per heavy atom. The van der Waals surface area contributed by atoms with E-state index in [1.165, 1.54) is 6.20 Å². The van der Waals surface area contributed by atoms with Crippen molar-refractivity contribution in [1.82, 2.24) is 9.71 Å². The molecule has 0 aliphatic carbocycles. The first-order chi connectivity index (χ1) is 8.88. The molecule has 102 valence electrons. The third-order valence-electron chi connectivity index (χ3n) is 2.40. The number of nitrogens with zero attached hydrogens (tertiary/aromatic N) is 1. The summed E-state index contributed by atoms with van der Waals surface area (Å²) >= 11 is 12.4. The average molecular weight is 337 g/mol. The standard InChI is InChI=1S/C11H10Cl2N2O2S2/c1-7(8-3-2-4-9(12)5-8)15-19(16,17)10-6-14-11(13)18-10/h2-7,15H,1H3. The number of benzene rings is 1. The first kappa shape index (κ1) is 14.7. The van der Waals surface area contributed by atoms with Crippen molar-refractivity contribution in [2.24, 2.45) is 0 Å². The molecule has 0 saturated carbocycles. The summed E-state index contributed by atoms with van der Waals surface area (Å²) in [6.45, 7) is 1.74. The lowest BCUT2D eigenvalue weighted by Crippen LogP contribution is -2.26. The van der Waals surface area contributed by atoms with E-state index in [0.29, 0.717) is 5.02 Å². The topological polar surface area (TPSA) is 59.1 Å². The van der Waals surface area contributed by atoms with Gasteiger partial charge < -0.3 is 0 Å². The van der Waals surface area contributed by atoms with Crippen molar-refractivity contribution in [2.75, 3.05) is 0 Å². The second-order valence-electron chi connectivity index (χ2n) is 3.83. The third-order valence-corrected chi connectivity index (χ3v) is 5.75. The van der Waals surface area contributed by atoms with Crippen molar-refractivity contribution in [2.45, 2.75) is 17.2 Å². The van der Waals surface area contributed by atoms with Gasteiger partial charge in [-0.3, -0.25) is 0 Å². The van der Waals surface area contributed by atoms with Crippen LogP contribution in [0.5, 0.6) is 0 Å². The Bertz CT molecular complexity index is 686. The van der Waals surface area contributed by atoms with E-state index in [-0.39, 0.29) is 8.68 Å². The fraction of sp³-hybridized carbons (Fsp3) is 0.182. The molecule has 1 aromatic heterocycles. The first-order valence-electron chi connectivity index (χ1n) is 5.27. The van der Waals surface area contributed by atoms with E-state index >= 15 is 0 Å². The maximum atomic E-state index is 12.1. The fourth-order valence-electron chi connectivity index (χ4n) is 1.50. The molecule has 1 aromatic carbocycles. The van der Waals surface area contributed by atoms with E-state index in [1.54, 1.807) is 31.2 Å². The molecule has 1 heterocycles. The van der Waals surface area contributed by atoms with Gasteiger partial charge in [0.1, 0.15) is 0 Å². The summed E-state index contributed by atoms with van der Waals surface area (Å²) in [5.41, 5.74) is 0.784. The summed E-state index contributed by atoms with van der Waals surface area (Å²) in [5.74, 6) is 0. The van der Waals surface area contributed by atoms with Gasteiger partial charge in [0.2, 0.25) is 0 Å². The van der Waals surface area contributed by atoms with E-state index in [2.05, 4.69) is 9.71 Å². The highest BCUT2D eigenvalue weighted by molar-refractivity contribution is 7.91. The van der Waals surface area contributed by atoms with Crippen molar-refractivity contribution in [1.29, 1.82) is 0 Å². The molecule has 19 heavy (non-hydrogen) atoms. The van der Waals surface area contributed by atoms with Crippen LogP contribution in [-0.2, 0) is 10.0 Å². The number of nitrogens with one attached hydrogen (secondary N) is 1. The van der Waals surface area contributed by atoms with Gasteiger partial charge in [-0.2, -0.15) is 0 Å². The molecular formula is C11H10Cl2N2O2S2. The highest BCUT2D eigenvalue weighted by Crippen LogP contribution is 2.25. The smallest absolute Gasteiger partial charge is 0.232 e. The molecule has 0 fully saturated rings. The monoisotopic (exact) mass is 336 g/mol. The largest absolute Gasteiger partial charge is 0.252 e. The minimum Gasteiger partial charge on any atom is -0.232 e. The van der Waals surface area contributed by atoms with Gasteiger partial charge in [0, 0.05) is 11.1 Å². The molecule has 2 aromatic rings. The van der Waals surface area contributed by atoms with Gasteiger partial charge in [-0.25, -0.2) is 18.1 Å². The molecule has 0 aliphatic heterocycles. The van der Waals surface area contributed by atoms with Crippen LogP contribution in [0.15, 0.2) is 34.7 Å². The molecule has 0 amide bonds. The summed E-state index contributed by atoms with van der Waals surface area (Å²) in [6, 6.07) is 6.62. The maximum absolute atomic E-state index is 12.1. The number of thiazole rings is 1. The third kappa shape index (κ3) is 3.67. The average Bonchev–Trinajstić information content (AvgIpc) is 2.76. The van der Waals surface area contributed by atoms with Crippen LogP contribution in [-0.4, -0.2) is 13.4 Å². The molecule has 0 bridgehead atoms. The van der Waals surface area contributed by atoms with Crippen molar-refractivity contribution in [3.8, 4) is 0 Å². The Hall–Kier alpha value is -0.660. The van der Waals surface area contributed by atoms with E-state index < -0.39 is 16.1 Å². The molecule has 0 saturated heterocycles. The zero-order valence-electron chi connectivity index (χ0n) is 9.80. The van der Waals surface area contributed by atoms with Crippen LogP contribution in [0.4, 0.5) is 0 Å². The van der Waals surface area contributed by atoms with Crippen LogP contribution in [0, 0.1) is 0 Å². The van der Waals surface area contributed by atoms with E-state index in [1.807, 2.05) is 0 Å². The van der Waals surface area contributed by atoms with Gasteiger partial charge in [0.15, 0.2) is 8.68 Å². The zero-order chi connectivity index (χ0) is 14.0. The minimum atomic E-state index is -3.62. The Kier molecular flexibility index (Phi) is 4.47. The van der Waals surface area contributed by atoms with Gasteiger partial charge in [-0.05, 0) is 24.6 Å². The molecule has 0 spiro atoms. The van der Waals surface area contributed by atoms with Crippen LogP contribution in [0.2, 0.25) is 9.49 Å². The Morgan fingerprint density at radius 2 is 2.11 bits per heavy atom. The number of hydrogen-bond donors (Lipinski definition) is 1. The normalized spacial score (nSPS) is 13.4. The van der Waals surface area contributed by atoms with Crippen molar-refractivity contribution < 1.29 is 8.42 Å². The lowest BCUT2D eigenvalue weighted by molar-refractivity contribution is 0.569. The van der Waals surface area contributed by atoms with Crippen LogP contribution in [0.3, 0.4) is 0 Å². The second kappa shape index (κ2) is 5.76. The van der Waals surface area contributed by atoms with Crippen molar-refractivity contribution in [3.05, 3.63) is 45.5 Å². The van der Waals surface area contributed by atoms with Gasteiger partial charge in [0.05, 0.1) is 6.20 Å². The molecule has 0 radical (unpaired) electrons. The molecular weight excluding hydrogens is 327 g/mol. The quantitative estimate of drug-likeness (QED) is 0.929. The van der Waals surface area contributed by atoms with Crippen LogP contribution < -0.4 is 4.72 Å². The van der Waals surface area contributed by atoms with Crippen LogP contribution in [0.25, 0.3) is 0 Å². The number of aromatic nitrogens is 1. The Balaban J connectivity index is 2.21. The predicted molar refractivity (Wildman–Crippen MR) is 77.3 cm³/mol. The molecule has 1 unspecified atom stereocenters. The predicted octanol–water partition coefficient (Wildman–Crippen LogP) is 3.49. The van der Waals surface area contributed by atoms with Gasteiger partial charge in [-0.1, -0.05) is 46.7 Å². The van der Waals surface area contributed by atoms with Crippen LogP contribution in [0.1, 0.15) is 18.5 Å². The van der Waals surface area contributed by atoms with Crippen molar-refractivity contribution in [3.63, 3.8) is 0 Å². The van der Waals surface area contributed by atoms with Gasteiger partial charge in [0.25, 0.3) is 10.0 Å². The summed E-state index contributed by atoms with van der Waals surface area (Å²) in [5, 5.41) is 0.560. The van der Waals surface area contributed by atoms with E-state index in [9.17, 15) is 8.42 Å². The van der Waals surface area contributed by atoms with Crippen molar-refractivity contribution >= 4 is 44.6 Å². The number of hydrogen-bond acceptors (Lipinski definition) is 4. The molecule has 2 rings (SSSR count). The summed E-state index contributed by atoms with van der Waals surface area (Å²) in [6.07, 6.45) is 1.24. The molecule has 1 atom stereocenters. The van der Waals surface area contributed by atoms with E-state index in [0.717, 1.165) is 16.9 Å². The van der Waals surface area contributed by atoms with E-state index in [4.69, 9.17) is 23.2 Å². The lowest BCUT2D eigenvalue weighted by atomic mass is 10.1. The number of sulfonamides is 1. The molecule has 0 aliphatic rings. The summed E-state index contributed by atoms with van der Waals surface area (Å²) in [4.78, 5) is 3.72. The number of rotatable bonds is 4. The maximum Gasteiger partial charge on any atom is 0.252 e.